The van der Waals surface area contributed by atoms with E-state index in [9.17, 15) is 9.59 Å². The zero-order chi connectivity index (χ0) is 24.8. The number of carbonyl (C=O) groups excluding carboxylic acids is 2. The van der Waals surface area contributed by atoms with Gasteiger partial charge in [-0.3, -0.25) is 9.59 Å². The largest absolute Gasteiger partial charge is 0.496 e. The molecule has 0 spiro atoms. The highest BCUT2D eigenvalue weighted by molar-refractivity contribution is 5.97. The SMILES string of the molecule is CCOc1cc(CNC(=O)C2CCC(=O)N(c3ccc(C)cc3)C2c2ccccc2OC)ccn1. The molecule has 4 rings (SSSR count). The molecule has 1 N–H and O–H groups in total. The second-order valence-corrected chi connectivity index (χ2v) is 8.58. The topological polar surface area (TPSA) is 80.8 Å². The number of piperidine rings is 1. The second kappa shape index (κ2) is 11.0. The van der Waals surface area contributed by atoms with Crippen molar-refractivity contribution in [2.75, 3.05) is 18.6 Å². The van der Waals surface area contributed by atoms with Crippen molar-refractivity contribution in [3.63, 3.8) is 0 Å². The van der Waals surface area contributed by atoms with E-state index in [0.717, 1.165) is 22.4 Å². The number of carbonyl (C=O) groups is 2. The molecular weight excluding hydrogens is 442 g/mol. The number of aromatic nitrogens is 1. The third-order valence-electron chi connectivity index (χ3n) is 6.26. The van der Waals surface area contributed by atoms with Gasteiger partial charge in [0.1, 0.15) is 5.75 Å². The Hall–Kier alpha value is -3.87. The summed E-state index contributed by atoms with van der Waals surface area (Å²) >= 11 is 0. The molecule has 0 radical (unpaired) electrons. The highest BCUT2D eigenvalue weighted by Crippen LogP contribution is 2.43. The molecule has 2 atom stereocenters. The molecule has 0 saturated carbocycles. The summed E-state index contributed by atoms with van der Waals surface area (Å²) in [4.78, 5) is 32.7. The number of nitrogens with one attached hydrogen (secondary N) is 1. The van der Waals surface area contributed by atoms with Gasteiger partial charge in [-0.15, -0.1) is 0 Å². The molecule has 7 heteroatoms. The van der Waals surface area contributed by atoms with Crippen LogP contribution in [-0.4, -0.2) is 30.5 Å². The minimum Gasteiger partial charge on any atom is -0.496 e. The van der Waals surface area contributed by atoms with Gasteiger partial charge in [-0.05, 0) is 50.1 Å². The maximum absolute atomic E-state index is 13.6. The van der Waals surface area contributed by atoms with Gasteiger partial charge >= 0.3 is 0 Å². The van der Waals surface area contributed by atoms with Gasteiger partial charge in [-0.25, -0.2) is 4.98 Å². The van der Waals surface area contributed by atoms with E-state index in [-0.39, 0.29) is 11.8 Å². The first kappa shape index (κ1) is 24.3. The summed E-state index contributed by atoms with van der Waals surface area (Å²) in [6.07, 6.45) is 2.42. The van der Waals surface area contributed by atoms with Crippen molar-refractivity contribution in [1.82, 2.24) is 10.3 Å². The molecule has 0 aliphatic carbocycles. The molecular formula is C28H31N3O4. The number of pyridine rings is 1. The van der Waals surface area contributed by atoms with Crippen molar-refractivity contribution in [3.8, 4) is 11.6 Å². The average Bonchev–Trinajstić information content (AvgIpc) is 2.88. The van der Waals surface area contributed by atoms with Gasteiger partial charge in [0.05, 0.1) is 25.7 Å². The average molecular weight is 474 g/mol. The van der Waals surface area contributed by atoms with Crippen LogP contribution in [0, 0.1) is 12.8 Å². The molecule has 1 fully saturated rings. The lowest BCUT2D eigenvalue weighted by Gasteiger charge is -2.41. The van der Waals surface area contributed by atoms with Crippen LogP contribution in [0.5, 0.6) is 11.6 Å². The van der Waals surface area contributed by atoms with Crippen LogP contribution in [0.15, 0.2) is 66.9 Å². The third-order valence-corrected chi connectivity index (χ3v) is 6.26. The third kappa shape index (κ3) is 5.45. The number of nitrogens with zero attached hydrogens (tertiary/aromatic N) is 2. The number of hydrogen-bond acceptors (Lipinski definition) is 5. The lowest BCUT2D eigenvalue weighted by atomic mass is 9.82. The van der Waals surface area contributed by atoms with Crippen LogP contribution in [-0.2, 0) is 16.1 Å². The number of hydrogen-bond donors (Lipinski definition) is 1. The first-order valence-electron chi connectivity index (χ1n) is 11.9. The van der Waals surface area contributed by atoms with Crippen molar-refractivity contribution < 1.29 is 19.1 Å². The zero-order valence-corrected chi connectivity index (χ0v) is 20.4. The predicted molar refractivity (Wildman–Crippen MR) is 134 cm³/mol. The molecule has 1 aromatic heterocycles. The normalized spacial score (nSPS) is 17.7. The number of amides is 2. The molecule has 35 heavy (non-hydrogen) atoms. The Labute approximate surface area is 206 Å². The van der Waals surface area contributed by atoms with Gasteiger partial charge in [-0.2, -0.15) is 0 Å². The van der Waals surface area contributed by atoms with Gasteiger partial charge in [-0.1, -0.05) is 35.9 Å². The van der Waals surface area contributed by atoms with E-state index in [1.807, 2.05) is 74.5 Å². The Kier molecular flexibility index (Phi) is 7.65. The quantitative estimate of drug-likeness (QED) is 0.517. The monoisotopic (exact) mass is 473 g/mol. The van der Waals surface area contributed by atoms with Crippen LogP contribution < -0.4 is 19.7 Å². The van der Waals surface area contributed by atoms with Gasteiger partial charge in [0.2, 0.25) is 17.7 Å². The van der Waals surface area contributed by atoms with Crippen LogP contribution in [0.25, 0.3) is 0 Å². The molecule has 3 aromatic rings. The number of methoxy groups -OCH3 is 1. The highest BCUT2D eigenvalue weighted by Gasteiger charge is 2.42. The number of aryl methyl sites for hydroxylation is 1. The van der Waals surface area contributed by atoms with E-state index in [1.165, 1.54) is 0 Å². The van der Waals surface area contributed by atoms with Crippen molar-refractivity contribution in [2.45, 2.75) is 39.3 Å². The van der Waals surface area contributed by atoms with E-state index < -0.39 is 12.0 Å². The molecule has 2 amide bonds. The zero-order valence-electron chi connectivity index (χ0n) is 20.4. The first-order valence-corrected chi connectivity index (χ1v) is 11.9. The fourth-order valence-corrected chi connectivity index (χ4v) is 4.55. The minimum atomic E-state index is -0.494. The van der Waals surface area contributed by atoms with Crippen LogP contribution in [0.1, 0.15) is 42.5 Å². The molecule has 0 bridgehead atoms. The van der Waals surface area contributed by atoms with E-state index in [1.54, 1.807) is 18.2 Å². The number of anilines is 1. The van der Waals surface area contributed by atoms with Crippen LogP contribution in [0.3, 0.4) is 0 Å². The Morgan fingerprint density at radius 3 is 2.66 bits per heavy atom. The molecule has 1 aliphatic heterocycles. The van der Waals surface area contributed by atoms with Crippen molar-refractivity contribution in [1.29, 1.82) is 0 Å². The maximum atomic E-state index is 13.6. The Morgan fingerprint density at radius 2 is 1.91 bits per heavy atom. The summed E-state index contributed by atoms with van der Waals surface area (Å²) < 4.78 is 11.1. The summed E-state index contributed by atoms with van der Waals surface area (Å²) in [6.45, 7) is 4.77. The minimum absolute atomic E-state index is 0.00991. The Bertz CT molecular complexity index is 1180. The van der Waals surface area contributed by atoms with Gasteiger partial charge < -0.3 is 19.7 Å². The molecule has 1 saturated heterocycles. The van der Waals surface area contributed by atoms with E-state index >= 15 is 0 Å². The molecule has 7 nitrogen and oxygen atoms in total. The second-order valence-electron chi connectivity index (χ2n) is 8.58. The predicted octanol–water partition coefficient (Wildman–Crippen LogP) is 4.60. The molecule has 1 aliphatic rings. The summed E-state index contributed by atoms with van der Waals surface area (Å²) in [5.74, 6) is 0.612. The first-order chi connectivity index (χ1) is 17.0. The van der Waals surface area contributed by atoms with Crippen molar-refractivity contribution in [3.05, 3.63) is 83.6 Å². The van der Waals surface area contributed by atoms with Gasteiger partial charge in [0, 0.05) is 36.5 Å². The number of para-hydroxylation sites is 1. The fraction of sp³-hybridized carbons (Fsp3) is 0.321. The van der Waals surface area contributed by atoms with E-state index in [0.29, 0.717) is 37.6 Å². The standard InChI is InChI=1S/C28H31N3O4/c1-4-35-25-17-20(15-16-29-25)18-30-28(33)23-13-14-26(32)31(21-11-9-19(2)10-12-21)27(23)22-7-5-6-8-24(22)34-3/h5-12,15-17,23,27H,4,13-14,18H2,1-3H3,(H,30,33). The van der Waals surface area contributed by atoms with E-state index in [2.05, 4.69) is 10.3 Å². The summed E-state index contributed by atoms with van der Waals surface area (Å²) in [5.41, 5.74) is 3.58. The van der Waals surface area contributed by atoms with E-state index in [4.69, 9.17) is 9.47 Å². The molecule has 2 unspecified atom stereocenters. The van der Waals surface area contributed by atoms with Gasteiger partial charge in [0.15, 0.2) is 0 Å². The maximum Gasteiger partial charge on any atom is 0.227 e. The molecule has 182 valence electrons. The summed E-state index contributed by atoms with van der Waals surface area (Å²) in [5, 5.41) is 3.07. The van der Waals surface area contributed by atoms with Crippen LogP contribution in [0.4, 0.5) is 5.69 Å². The van der Waals surface area contributed by atoms with Crippen molar-refractivity contribution in [2.24, 2.45) is 5.92 Å². The number of ether oxygens (including phenoxy) is 2. The number of rotatable bonds is 8. The van der Waals surface area contributed by atoms with Gasteiger partial charge in [0.25, 0.3) is 0 Å². The fourth-order valence-electron chi connectivity index (χ4n) is 4.55. The Morgan fingerprint density at radius 1 is 1.14 bits per heavy atom. The summed E-state index contributed by atoms with van der Waals surface area (Å²) in [6, 6.07) is 18.6. The smallest absolute Gasteiger partial charge is 0.227 e. The molecule has 2 aromatic carbocycles. The molecule has 2 heterocycles. The Balaban J connectivity index is 1.66. The van der Waals surface area contributed by atoms with Crippen LogP contribution >= 0.6 is 0 Å². The number of benzene rings is 2. The highest BCUT2D eigenvalue weighted by atomic mass is 16.5. The summed E-state index contributed by atoms with van der Waals surface area (Å²) in [7, 11) is 1.61. The van der Waals surface area contributed by atoms with Crippen molar-refractivity contribution >= 4 is 17.5 Å². The lowest BCUT2D eigenvalue weighted by Crippen LogP contribution is -2.48. The van der Waals surface area contributed by atoms with Crippen LogP contribution in [0.2, 0.25) is 0 Å². The lowest BCUT2D eigenvalue weighted by molar-refractivity contribution is -0.129.